The number of hydrogen-bond acceptors (Lipinski definition) is 4. The number of nitrogens with two attached hydrogens (primary N) is 1. The molecule has 1 heterocycles. The first-order chi connectivity index (χ1) is 6.79. The normalized spacial score (nSPS) is 19.3. The topological polar surface area (TPSA) is 64.9 Å². The molecule has 1 aromatic heterocycles. The summed E-state index contributed by atoms with van der Waals surface area (Å²) in [5, 5.41) is 3.98. The van der Waals surface area contributed by atoms with E-state index in [1.807, 2.05) is 0 Å². The summed E-state index contributed by atoms with van der Waals surface area (Å²) in [6.07, 6.45) is 5.36. The molecular formula is C10H17N3O. The molecule has 1 fully saturated rings. The first-order valence-corrected chi connectivity index (χ1v) is 5.37. The summed E-state index contributed by atoms with van der Waals surface area (Å²) in [4.78, 5) is 4.36. The summed E-state index contributed by atoms with van der Waals surface area (Å²) < 4.78 is 5.15. The fraction of sp³-hybridized carbons (Fsp3) is 0.800. The Morgan fingerprint density at radius 2 is 2.36 bits per heavy atom. The molecule has 1 saturated carbocycles. The summed E-state index contributed by atoms with van der Waals surface area (Å²) in [6.45, 7) is 2.06. The van der Waals surface area contributed by atoms with Crippen LogP contribution >= 0.6 is 0 Å². The second kappa shape index (κ2) is 4.09. The highest BCUT2D eigenvalue weighted by Crippen LogP contribution is 2.34. The molecule has 0 bridgehead atoms. The summed E-state index contributed by atoms with van der Waals surface area (Å²) in [5.74, 6) is 2.13. The first kappa shape index (κ1) is 9.65. The minimum absolute atomic E-state index is 0.143. The zero-order valence-electron chi connectivity index (χ0n) is 8.57. The lowest BCUT2D eigenvalue weighted by Crippen LogP contribution is -2.21. The molecule has 1 aromatic rings. The van der Waals surface area contributed by atoms with Crippen LogP contribution in [0, 0.1) is 0 Å². The largest absolute Gasteiger partial charge is 0.339 e. The van der Waals surface area contributed by atoms with Crippen molar-refractivity contribution in [1.29, 1.82) is 0 Å². The number of nitrogens with zero attached hydrogens (tertiary/aromatic N) is 2. The van der Waals surface area contributed by atoms with Gasteiger partial charge in [0.2, 0.25) is 5.89 Å². The van der Waals surface area contributed by atoms with E-state index < -0.39 is 0 Å². The van der Waals surface area contributed by atoms with Gasteiger partial charge in [-0.3, -0.25) is 0 Å². The Morgan fingerprint density at radius 1 is 1.57 bits per heavy atom. The zero-order chi connectivity index (χ0) is 9.97. The van der Waals surface area contributed by atoms with Crippen LogP contribution in [0.5, 0.6) is 0 Å². The van der Waals surface area contributed by atoms with E-state index in [0.29, 0.717) is 18.2 Å². The molecule has 0 amide bonds. The minimum Gasteiger partial charge on any atom is -0.339 e. The van der Waals surface area contributed by atoms with Crippen molar-refractivity contribution in [2.24, 2.45) is 5.73 Å². The fourth-order valence-corrected chi connectivity index (χ4v) is 1.55. The maximum Gasteiger partial charge on any atom is 0.228 e. The summed E-state index contributed by atoms with van der Waals surface area (Å²) >= 11 is 0. The Morgan fingerprint density at radius 3 is 2.93 bits per heavy atom. The Balaban J connectivity index is 1.95. The van der Waals surface area contributed by atoms with E-state index in [0.717, 1.165) is 12.2 Å². The van der Waals surface area contributed by atoms with Crippen molar-refractivity contribution in [3.05, 3.63) is 11.7 Å². The Bertz CT molecular complexity index is 293. The molecule has 4 nitrogen and oxygen atoms in total. The number of hydrogen-bond donors (Lipinski definition) is 1. The van der Waals surface area contributed by atoms with Crippen LogP contribution < -0.4 is 5.73 Å². The van der Waals surface area contributed by atoms with Crippen LogP contribution in [0.4, 0.5) is 0 Å². The van der Waals surface area contributed by atoms with Gasteiger partial charge in [0.15, 0.2) is 5.82 Å². The van der Waals surface area contributed by atoms with E-state index >= 15 is 0 Å². The molecule has 0 saturated heterocycles. The van der Waals surface area contributed by atoms with Gasteiger partial charge in [0.05, 0.1) is 0 Å². The van der Waals surface area contributed by atoms with Crippen molar-refractivity contribution in [2.45, 2.75) is 51.0 Å². The fourth-order valence-electron chi connectivity index (χ4n) is 1.55. The smallest absolute Gasteiger partial charge is 0.228 e. The van der Waals surface area contributed by atoms with E-state index in [1.54, 1.807) is 0 Å². The molecule has 2 N–H and O–H groups in total. The summed E-state index contributed by atoms with van der Waals surface area (Å²) in [6, 6.07) is 0.143. The monoisotopic (exact) mass is 195 g/mol. The van der Waals surface area contributed by atoms with Gasteiger partial charge >= 0.3 is 0 Å². The highest BCUT2D eigenvalue weighted by atomic mass is 16.5. The van der Waals surface area contributed by atoms with Gasteiger partial charge in [-0.1, -0.05) is 18.5 Å². The van der Waals surface area contributed by atoms with Crippen LogP contribution in [-0.4, -0.2) is 16.2 Å². The standard InChI is InChI=1S/C10H17N3O/c1-2-8(11)6-9-12-10(13-14-9)7-4-3-5-7/h7-8H,2-6,11H2,1H3. The molecule has 78 valence electrons. The highest BCUT2D eigenvalue weighted by Gasteiger charge is 2.24. The van der Waals surface area contributed by atoms with Gasteiger partial charge in [-0.25, -0.2) is 0 Å². The van der Waals surface area contributed by atoms with E-state index in [-0.39, 0.29) is 6.04 Å². The van der Waals surface area contributed by atoms with Gasteiger partial charge in [-0.2, -0.15) is 4.98 Å². The molecule has 2 rings (SSSR count). The predicted octanol–water partition coefficient (Wildman–Crippen LogP) is 1.62. The third-order valence-corrected chi connectivity index (χ3v) is 2.92. The minimum atomic E-state index is 0.143. The van der Waals surface area contributed by atoms with E-state index in [4.69, 9.17) is 10.3 Å². The van der Waals surface area contributed by atoms with Gasteiger partial charge in [0, 0.05) is 18.4 Å². The van der Waals surface area contributed by atoms with Crippen molar-refractivity contribution >= 4 is 0 Å². The maximum absolute atomic E-state index is 5.81. The van der Waals surface area contributed by atoms with Crippen molar-refractivity contribution in [1.82, 2.24) is 10.1 Å². The van der Waals surface area contributed by atoms with Crippen molar-refractivity contribution < 1.29 is 4.52 Å². The van der Waals surface area contributed by atoms with Gasteiger partial charge in [-0.05, 0) is 19.3 Å². The highest BCUT2D eigenvalue weighted by molar-refractivity contribution is 5.00. The number of aromatic nitrogens is 2. The van der Waals surface area contributed by atoms with Crippen LogP contribution in [0.1, 0.15) is 50.2 Å². The summed E-state index contributed by atoms with van der Waals surface area (Å²) in [5.41, 5.74) is 5.81. The predicted molar refractivity (Wildman–Crippen MR) is 52.9 cm³/mol. The van der Waals surface area contributed by atoms with Crippen LogP contribution in [0.15, 0.2) is 4.52 Å². The molecule has 1 unspecified atom stereocenters. The molecule has 0 aliphatic heterocycles. The second-order valence-corrected chi connectivity index (χ2v) is 4.05. The molecule has 0 spiro atoms. The maximum atomic E-state index is 5.81. The number of rotatable bonds is 4. The van der Waals surface area contributed by atoms with Crippen molar-refractivity contribution in [3.8, 4) is 0 Å². The lowest BCUT2D eigenvalue weighted by atomic mass is 9.85. The van der Waals surface area contributed by atoms with Crippen molar-refractivity contribution in [3.63, 3.8) is 0 Å². The van der Waals surface area contributed by atoms with E-state index in [1.165, 1.54) is 19.3 Å². The molecule has 0 radical (unpaired) electrons. The van der Waals surface area contributed by atoms with E-state index in [9.17, 15) is 0 Å². The van der Waals surface area contributed by atoms with Crippen LogP contribution in [0.2, 0.25) is 0 Å². The average molecular weight is 195 g/mol. The van der Waals surface area contributed by atoms with Gasteiger partial charge in [0.1, 0.15) is 0 Å². The van der Waals surface area contributed by atoms with Gasteiger partial charge in [-0.15, -0.1) is 0 Å². The molecule has 1 aliphatic rings. The van der Waals surface area contributed by atoms with Crippen LogP contribution in [0.25, 0.3) is 0 Å². The molecule has 1 atom stereocenters. The second-order valence-electron chi connectivity index (χ2n) is 4.05. The molecule has 4 heteroatoms. The van der Waals surface area contributed by atoms with Crippen LogP contribution in [-0.2, 0) is 6.42 Å². The Hall–Kier alpha value is -0.900. The first-order valence-electron chi connectivity index (χ1n) is 5.37. The summed E-state index contributed by atoms with van der Waals surface area (Å²) in [7, 11) is 0. The van der Waals surface area contributed by atoms with E-state index in [2.05, 4.69) is 17.1 Å². The van der Waals surface area contributed by atoms with Crippen molar-refractivity contribution in [2.75, 3.05) is 0 Å². The molecular weight excluding hydrogens is 178 g/mol. The van der Waals surface area contributed by atoms with Gasteiger partial charge in [0.25, 0.3) is 0 Å². The SMILES string of the molecule is CCC(N)Cc1nc(C2CCC2)no1. The average Bonchev–Trinajstić information content (AvgIpc) is 2.50. The quantitative estimate of drug-likeness (QED) is 0.792. The lowest BCUT2D eigenvalue weighted by Gasteiger charge is -2.20. The Kier molecular flexibility index (Phi) is 2.82. The van der Waals surface area contributed by atoms with Crippen LogP contribution in [0.3, 0.4) is 0 Å². The zero-order valence-corrected chi connectivity index (χ0v) is 8.57. The van der Waals surface area contributed by atoms with Gasteiger partial charge < -0.3 is 10.3 Å². The third-order valence-electron chi connectivity index (χ3n) is 2.92. The Labute approximate surface area is 83.9 Å². The molecule has 1 aliphatic carbocycles. The molecule has 14 heavy (non-hydrogen) atoms. The molecule has 0 aromatic carbocycles. The lowest BCUT2D eigenvalue weighted by molar-refractivity contribution is 0.342. The third kappa shape index (κ3) is 1.95.